The third-order valence-corrected chi connectivity index (χ3v) is 8.79. The number of aromatic amines is 1. The zero-order valence-electron chi connectivity index (χ0n) is 22.8. The standard InChI is InChI=1S/C20H28N6O17P2/c1-19(31)17(29)24-18(30)26(20(19,32)33)13-3-9(11(42-13)5-39-44(34,35)36)43-45(37,38)40-4-10-8(27)2-12(41-10)25-7-23-14-15(25)21-6-22-16(14)28/h6-13,27,31-33H,2-5H2,1H3,(H,37,38)(H,21,22,28)(H,24,29,30)(H2,34,35,36)/t8-,9-,10+,11+,12+,13+,19?/m0/s1. The summed E-state index contributed by atoms with van der Waals surface area (Å²) in [7, 11) is -10.3. The minimum absolute atomic E-state index is 0.00908. The highest BCUT2D eigenvalue weighted by Gasteiger charge is 2.64. The number of urea groups is 1. The number of ether oxygens (including phenoxy) is 2. The van der Waals surface area contributed by atoms with Crippen LogP contribution in [0.15, 0.2) is 17.4 Å². The van der Waals surface area contributed by atoms with E-state index in [9.17, 15) is 48.8 Å². The molecule has 0 radical (unpaired) electrons. The van der Waals surface area contributed by atoms with Crippen molar-refractivity contribution in [2.75, 3.05) is 13.2 Å². The second-order valence-electron chi connectivity index (χ2n) is 10.4. The highest BCUT2D eigenvalue weighted by molar-refractivity contribution is 7.47. The van der Waals surface area contributed by atoms with Gasteiger partial charge in [0, 0.05) is 12.8 Å². The number of nitrogens with one attached hydrogen (secondary N) is 2. The van der Waals surface area contributed by atoms with Crippen molar-refractivity contribution < 1.29 is 76.9 Å². The van der Waals surface area contributed by atoms with Crippen LogP contribution in [0.2, 0.25) is 0 Å². The van der Waals surface area contributed by atoms with E-state index in [-0.39, 0.29) is 22.5 Å². The zero-order chi connectivity index (χ0) is 33.1. The van der Waals surface area contributed by atoms with Gasteiger partial charge in [0.05, 0.1) is 32.0 Å². The van der Waals surface area contributed by atoms with Gasteiger partial charge in [-0.25, -0.2) is 28.8 Å². The number of hydrogen-bond donors (Lipinski definition) is 9. The quantitative estimate of drug-likeness (QED) is 0.0862. The second kappa shape index (κ2) is 11.8. The van der Waals surface area contributed by atoms with E-state index in [4.69, 9.17) is 28.3 Å². The van der Waals surface area contributed by atoms with Gasteiger partial charge in [0.15, 0.2) is 11.2 Å². The molecule has 8 atom stereocenters. The van der Waals surface area contributed by atoms with Crippen LogP contribution in [0, 0.1) is 0 Å². The molecule has 0 aromatic carbocycles. The van der Waals surface area contributed by atoms with Crippen molar-refractivity contribution in [2.45, 2.75) is 68.1 Å². The molecule has 3 aliphatic rings. The molecule has 0 saturated carbocycles. The lowest BCUT2D eigenvalue weighted by molar-refractivity contribution is -0.347. The van der Waals surface area contributed by atoms with E-state index in [0.717, 1.165) is 6.33 Å². The number of hydrogen-bond acceptors (Lipinski definition) is 16. The first-order chi connectivity index (χ1) is 20.8. The Labute approximate surface area is 250 Å². The molecular formula is C20H28N6O17P2. The normalized spacial score (nSPS) is 33.5. The van der Waals surface area contributed by atoms with Crippen LogP contribution in [0.4, 0.5) is 4.79 Å². The van der Waals surface area contributed by atoms with Crippen LogP contribution in [-0.2, 0) is 37.0 Å². The average molecular weight is 686 g/mol. The number of fused-ring (bicyclic) bond motifs is 1. The summed E-state index contributed by atoms with van der Waals surface area (Å²) in [6, 6.07) is -1.47. The van der Waals surface area contributed by atoms with E-state index in [1.54, 1.807) is 5.32 Å². The molecule has 9 N–H and O–H groups in total. The fourth-order valence-corrected chi connectivity index (χ4v) is 6.21. The van der Waals surface area contributed by atoms with Crippen LogP contribution >= 0.6 is 15.6 Å². The van der Waals surface area contributed by atoms with Gasteiger partial charge in [-0.05, 0) is 6.92 Å². The summed E-state index contributed by atoms with van der Waals surface area (Å²) >= 11 is 0. The van der Waals surface area contributed by atoms with E-state index < -0.39 is 101 Å². The number of carbonyl (C=O) groups excluding carboxylic acids is 2. The van der Waals surface area contributed by atoms with Crippen molar-refractivity contribution >= 4 is 38.7 Å². The Morgan fingerprint density at radius 2 is 1.69 bits per heavy atom. The fourth-order valence-electron chi connectivity index (χ4n) is 4.91. The van der Waals surface area contributed by atoms with Crippen molar-refractivity contribution in [3.8, 4) is 0 Å². The highest BCUT2D eigenvalue weighted by atomic mass is 31.2. The number of phosphoric acid groups is 2. The Morgan fingerprint density at radius 3 is 2.38 bits per heavy atom. The summed E-state index contributed by atoms with van der Waals surface area (Å²) in [5.41, 5.74) is -3.35. The Morgan fingerprint density at radius 1 is 1.02 bits per heavy atom. The summed E-state index contributed by atoms with van der Waals surface area (Å²) in [6.45, 7) is -1.07. The number of amides is 3. The monoisotopic (exact) mass is 686 g/mol. The van der Waals surface area contributed by atoms with Crippen LogP contribution < -0.4 is 10.9 Å². The van der Waals surface area contributed by atoms with Gasteiger partial charge in [0.25, 0.3) is 17.4 Å². The third-order valence-electron chi connectivity index (χ3n) is 7.30. The van der Waals surface area contributed by atoms with Gasteiger partial charge in [-0.15, -0.1) is 0 Å². The first-order valence-electron chi connectivity index (χ1n) is 12.9. The Bertz CT molecular complexity index is 1620. The minimum Gasteiger partial charge on any atom is -0.390 e. The number of nitrogens with zero attached hydrogens (tertiary/aromatic N) is 4. The SMILES string of the molecule is CC1(O)C(=O)NC(=O)N([C@H]2C[C@H](OP(=O)(O)OC[C@H]3O[C@@H](n4cnc5c(=O)[nH]cnc54)C[C@@H]3O)[C@@H](COP(=O)(O)O)O2)C1(O)O. The number of carbonyl (C=O) groups is 2. The Balaban J connectivity index is 1.27. The maximum Gasteiger partial charge on any atom is 0.472 e. The number of phosphoric ester groups is 2. The molecule has 25 heteroatoms. The van der Waals surface area contributed by atoms with Gasteiger partial charge in [-0.3, -0.25) is 33.0 Å². The molecule has 3 aliphatic heterocycles. The van der Waals surface area contributed by atoms with Gasteiger partial charge in [-0.2, -0.15) is 0 Å². The second-order valence-corrected chi connectivity index (χ2v) is 13.0. The largest absolute Gasteiger partial charge is 0.472 e. The number of H-pyrrole nitrogens is 1. The average Bonchev–Trinajstić information content (AvgIpc) is 3.62. The van der Waals surface area contributed by atoms with Gasteiger partial charge in [0.1, 0.15) is 30.8 Å². The van der Waals surface area contributed by atoms with Gasteiger partial charge in [0.2, 0.25) is 5.60 Å². The topological polar surface area (TPSA) is 335 Å². The predicted molar refractivity (Wildman–Crippen MR) is 138 cm³/mol. The minimum atomic E-state index is -5.14. The molecule has 3 saturated heterocycles. The summed E-state index contributed by atoms with van der Waals surface area (Å²) in [6.07, 6.45) is -6.89. The molecule has 250 valence electrons. The molecule has 2 unspecified atom stereocenters. The van der Waals surface area contributed by atoms with Gasteiger partial charge in [-0.1, -0.05) is 0 Å². The molecule has 5 heterocycles. The number of aromatic nitrogens is 4. The van der Waals surface area contributed by atoms with Gasteiger partial charge < -0.3 is 49.6 Å². The molecule has 2 aromatic rings. The highest BCUT2D eigenvalue weighted by Crippen LogP contribution is 2.49. The number of imide groups is 1. The third kappa shape index (κ3) is 6.59. The number of imidazole rings is 1. The summed E-state index contributed by atoms with van der Waals surface area (Å²) < 4.78 is 51.2. The first-order valence-corrected chi connectivity index (χ1v) is 15.9. The fraction of sp³-hybridized carbons (Fsp3) is 0.650. The van der Waals surface area contributed by atoms with E-state index in [1.807, 2.05) is 0 Å². The van der Waals surface area contributed by atoms with E-state index >= 15 is 0 Å². The first kappa shape index (κ1) is 33.6. The lowest BCUT2D eigenvalue weighted by atomic mass is 9.96. The van der Waals surface area contributed by atoms with Crippen molar-refractivity contribution in [1.82, 2.24) is 29.7 Å². The number of aliphatic hydroxyl groups is 4. The number of aliphatic hydroxyl groups excluding tert-OH is 1. The molecule has 0 spiro atoms. The summed E-state index contributed by atoms with van der Waals surface area (Å²) in [5.74, 6) is -5.06. The molecule has 2 aromatic heterocycles. The van der Waals surface area contributed by atoms with Crippen LogP contribution in [-0.4, -0.2) is 127 Å². The maximum absolute atomic E-state index is 12.9. The Kier molecular flexibility index (Phi) is 8.83. The van der Waals surface area contributed by atoms with Crippen LogP contribution in [0.3, 0.4) is 0 Å². The molecule has 3 fully saturated rings. The van der Waals surface area contributed by atoms with Crippen molar-refractivity contribution in [2.24, 2.45) is 0 Å². The van der Waals surface area contributed by atoms with Gasteiger partial charge >= 0.3 is 21.7 Å². The summed E-state index contributed by atoms with van der Waals surface area (Å²) in [4.78, 5) is 75.4. The molecule has 0 bridgehead atoms. The lowest BCUT2D eigenvalue weighted by Crippen LogP contribution is -2.78. The van der Waals surface area contributed by atoms with Crippen molar-refractivity contribution in [1.29, 1.82) is 0 Å². The van der Waals surface area contributed by atoms with Crippen LogP contribution in [0.1, 0.15) is 26.0 Å². The van der Waals surface area contributed by atoms with Crippen molar-refractivity contribution in [3.05, 3.63) is 23.0 Å². The zero-order valence-corrected chi connectivity index (χ0v) is 24.6. The van der Waals surface area contributed by atoms with Crippen LogP contribution in [0.5, 0.6) is 0 Å². The van der Waals surface area contributed by atoms with E-state index in [0.29, 0.717) is 6.92 Å². The molecule has 23 nitrogen and oxygen atoms in total. The maximum atomic E-state index is 12.9. The molecular weight excluding hydrogens is 658 g/mol. The van der Waals surface area contributed by atoms with E-state index in [2.05, 4.69) is 19.5 Å². The lowest BCUT2D eigenvalue weighted by Gasteiger charge is -2.48. The smallest absolute Gasteiger partial charge is 0.390 e. The molecule has 0 aliphatic carbocycles. The number of rotatable bonds is 10. The predicted octanol–water partition coefficient (Wildman–Crippen LogP) is -3.56. The Hall–Kier alpha value is -2.73. The summed E-state index contributed by atoms with van der Waals surface area (Å²) in [5, 5.41) is 43.5. The molecule has 5 rings (SSSR count). The van der Waals surface area contributed by atoms with Crippen LogP contribution in [0.25, 0.3) is 11.2 Å². The van der Waals surface area contributed by atoms with E-state index in [1.165, 1.54) is 10.9 Å². The molecule has 45 heavy (non-hydrogen) atoms. The van der Waals surface area contributed by atoms with Crippen molar-refractivity contribution in [3.63, 3.8) is 0 Å². The molecule has 3 amide bonds.